The van der Waals surface area contributed by atoms with E-state index in [4.69, 9.17) is 39.8 Å². The number of aliphatic imine (C=N–C) groups is 1. The second-order valence-electron chi connectivity index (χ2n) is 7.00. The third kappa shape index (κ3) is 3.53. The molecule has 1 aliphatic heterocycles. The minimum Gasteiger partial charge on any atom is -0.371 e. The topological polar surface area (TPSA) is 36.4 Å². The Morgan fingerprint density at radius 3 is 2.58 bits per heavy atom. The minimum atomic E-state index is -0.183. The van der Waals surface area contributed by atoms with Gasteiger partial charge < -0.3 is 10.6 Å². The van der Waals surface area contributed by atoms with Crippen LogP contribution in [0, 0.1) is 0 Å². The summed E-state index contributed by atoms with van der Waals surface area (Å²) < 4.78 is 0. The number of nitrogens with one attached hydrogen (secondary N) is 2. The number of hydrogen-bond acceptors (Lipinski definition) is 3. The summed E-state index contributed by atoms with van der Waals surface area (Å²) in [6, 6.07) is 11.5. The van der Waals surface area contributed by atoms with Crippen molar-refractivity contribution in [1.82, 2.24) is 5.32 Å². The number of rotatable bonds is 2. The van der Waals surface area contributed by atoms with Crippen LogP contribution in [0.4, 0.5) is 11.4 Å². The second-order valence-corrected chi connectivity index (χ2v) is 8.28. The maximum atomic E-state index is 6.40. The highest BCUT2D eigenvalue weighted by Gasteiger charge is 2.40. The zero-order valence-electron chi connectivity index (χ0n) is 14.3. The van der Waals surface area contributed by atoms with Gasteiger partial charge in [-0.2, -0.15) is 0 Å². The van der Waals surface area contributed by atoms with Crippen molar-refractivity contribution in [3.63, 3.8) is 0 Å². The molecule has 1 spiro atoms. The molecule has 0 bridgehead atoms. The zero-order chi connectivity index (χ0) is 18.1. The number of nitrogens with zero attached hydrogens (tertiary/aromatic N) is 1. The van der Waals surface area contributed by atoms with Crippen LogP contribution >= 0.6 is 34.8 Å². The summed E-state index contributed by atoms with van der Waals surface area (Å²) >= 11 is 18.7. The van der Waals surface area contributed by atoms with Gasteiger partial charge in [0.25, 0.3) is 0 Å². The van der Waals surface area contributed by atoms with Crippen LogP contribution in [0.25, 0.3) is 0 Å². The maximum absolute atomic E-state index is 6.40. The molecule has 6 heteroatoms. The van der Waals surface area contributed by atoms with E-state index in [9.17, 15) is 0 Å². The molecule has 1 heterocycles. The lowest BCUT2D eigenvalue weighted by atomic mass is 9.79. The average molecular weight is 409 g/mol. The highest BCUT2D eigenvalue weighted by molar-refractivity contribution is 6.37. The van der Waals surface area contributed by atoms with Gasteiger partial charge in [-0.15, -0.1) is 0 Å². The van der Waals surface area contributed by atoms with Gasteiger partial charge in [0.2, 0.25) is 0 Å². The van der Waals surface area contributed by atoms with E-state index in [2.05, 4.69) is 16.7 Å². The van der Waals surface area contributed by atoms with E-state index >= 15 is 0 Å². The molecule has 0 aromatic heterocycles. The van der Waals surface area contributed by atoms with Crippen molar-refractivity contribution < 1.29 is 0 Å². The lowest BCUT2D eigenvalue weighted by Crippen LogP contribution is -2.54. The Kier molecular flexibility index (Phi) is 5.05. The SMILES string of the molecule is Clc1cccc(CNC2=Nc3c(Cl)cc(Cl)cc3NC23CCCCC3)c1. The fraction of sp³-hybridized carbons (Fsp3) is 0.350. The molecule has 0 unspecified atom stereocenters. The smallest absolute Gasteiger partial charge is 0.128 e. The molecule has 1 saturated carbocycles. The molecule has 0 amide bonds. The quantitative estimate of drug-likeness (QED) is 0.587. The van der Waals surface area contributed by atoms with Gasteiger partial charge in [0.05, 0.1) is 16.2 Å². The standard InChI is InChI=1S/C20H20Cl3N3/c21-14-6-4-5-13(9-14)12-24-19-20(7-2-1-3-8-20)26-17-11-15(22)10-16(23)18(17)25-19/h4-6,9-11,26H,1-3,7-8,12H2,(H,24,25). The Morgan fingerprint density at radius 2 is 1.81 bits per heavy atom. The van der Waals surface area contributed by atoms with E-state index < -0.39 is 0 Å². The molecule has 1 fully saturated rings. The van der Waals surface area contributed by atoms with Crippen LogP contribution in [0.5, 0.6) is 0 Å². The fourth-order valence-corrected chi connectivity index (χ4v) is 4.62. The van der Waals surface area contributed by atoms with Crippen molar-refractivity contribution in [2.75, 3.05) is 5.32 Å². The Bertz CT molecular complexity index is 857. The normalized spacial score (nSPS) is 18.0. The van der Waals surface area contributed by atoms with Crippen molar-refractivity contribution in [2.45, 2.75) is 44.2 Å². The van der Waals surface area contributed by atoms with Crippen molar-refractivity contribution in [3.05, 3.63) is 57.0 Å². The highest BCUT2D eigenvalue weighted by atomic mass is 35.5. The van der Waals surface area contributed by atoms with Crippen LogP contribution in [0.3, 0.4) is 0 Å². The van der Waals surface area contributed by atoms with Crippen LogP contribution in [-0.2, 0) is 6.54 Å². The largest absolute Gasteiger partial charge is 0.371 e. The first-order chi connectivity index (χ1) is 12.6. The van der Waals surface area contributed by atoms with Crippen molar-refractivity contribution in [2.24, 2.45) is 4.99 Å². The second kappa shape index (κ2) is 7.30. The molecule has 26 heavy (non-hydrogen) atoms. The lowest BCUT2D eigenvalue weighted by molar-refractivity contribution is 0.396. The first-order valence-electron chi connectivity index (χ1n) is 8.90. The van der Waals surface area contributed by atoms with Gasteiger partial charge >= 0.3 is 0 Å². The first kappa shape index (κ1) is 18.0. The van der Waals surface area contributed by atoms with E-state index in [-0.39, 0.29) is 5.54 Å². The highest BCUT2D eigenvalue weighted by Crippen LogP contribution is 2.44. The number of anilines is 1. The Balaban J connectivity index is 1.68. The molecule has 2 aromatic carbocycles. The number of fused-ring (bicyclic) bond motifs is 1. The van der Waals surface area contributed by atoms with E-state index in [1.165, 1.54) is 19.3 Å². The van der Waals surface area contributed by atoms with Gasteiger partial charge in [-0.1, -0.05) is 66.2 Å². The number of hydrogen-bond donors (Lipinski definition) is 2. The Morgan fingerprint density at radius 1 is 1.00 bits per heavy atom. The fourth-order valence-electron chi connectivity index (χ4n) is 3.87. The molecule has 0 radical (unpaired) electrons. The number of benzene rings is 2. The van der Waals surface area contributed by atoms with E-state index in [0.29, 0.717) is 16.6 Å². The van der Waals surface area contributed by atoms with Crippen LogP contribution in [0.1, 0.15) is 37.7 Å². The molecule has 1 aliphatic carbocycles. The molecule has 2 aliphatic rings. The van der Waals surface area contributed by atoms with Crippen LogP contribution < -0.4 is 10.6 Å². The summed E-state index contributed by atoms with van der Waals surface area (Å²) in [6.45, 7) is 0.670. The number of amidine groups is 1. The summed E-state index contributed by atoms with van der Waals surface area (Å²) in [6.07, 6.45) is 5.69. The van der Waals surface area contributed by atoms with Gasteiger partial charge in [-0.25, -0.2) is 4.99 Å². The van der Waals surface area contributed by atoms with Gasteiger partial charge in [-0.3, -0.25) is 0 Å². The van der Waals surface area contributed by atoms with Gasteiger partial charge in [0.1, 0.15) is 11.5 Å². The number of halogens is 3. The van der Waals surface area contributed by atoms with Gasteiger partial charge in [0.15, 0.2) is 0 Å². The summed E-state index contributed by atoms with van der Waals surface area (Å²) in [5, 5.41) is 9.17. The molecule has 2 aromatic rings. The summed E-state index contributed by atoms with van der Waals surface area (Å²) in [7, 11) is 0. The molecular formula is C20H20Cl3N3. The molecule has 0 saturated heterocycles. The third-order valence-corrected chi connectivity index (χ3v) is 5.88. The monoisotopic (exact) mass is 407 g/mol. The minimum absolute atomic E-state index is 0.183. The van der Waals surface area contributed by atoms with Crippen LogP contribution in [0.15, 0.2) is 41.4 Å². The molecule has 136 valence electrons. The maximum Gasteiger partial charge on any atom is 0.128 e. The predicted molar refractivity (Wildman–Crippen MR) is 111 cm³/mol. The molecular weight excluding hydrogens is 389 g/mol. The summed E-state index contributed by atoms with van der Waals surface area (Å²) in [5.41, 5.74) is 2.61. The predicted octanol–water partition coefficient (Wildman–Crippen LogP) is 6.60. The average Bonchev–Trinajstić information content (AvgIpc) is 2.61. The molecule has 4 rings (SSSR count). The molecule has 0 atom stereocenters. The van der Waals surface area contributed by atoms with Crippen LogP contribution in [0.2, 0.25) is 15.1 Å². The van der Waals surface area contributed by atoms with E-state index in [1.807, 2.05) is 24.3 Å². The first-order valence-corrected chi connectivity index (χ1v) is 10.0. The van der Waals surface area contributed by atoms with Gasteiger partial charge in [0, 0.05) is 16.6 Å². The molecule has 2 N–H and O–H groups in total. The van der Waals surface area contributed by atoms with Crippen molar-refractivity contribution >= 4 is 52.0 Å². The Hall–Kier alpha value is -1.42. The summed E-state index contributed by atoms with van der Waals surface area (Å²) in [4.78, 5) is 4.92. The Labute approximate surface area is 168 Å². The van der Waals surface area contributed by atoms with Crippen molar-refractivity contribution in [3.8, 4) is 0 Å². The molecule has 3 nitrogen and oxygen atoms in total. The zero-order valence-corrected chi connectivity index (χ0v) is 16.6. The van der Waals surface area contributed by atoms with E-state index in [0.717, 1.165) is 40.6 Å². The van der Waals surface area contributed by atoms with E-state index in [1.54, 1.807) is 6.07 Å². The van der Waals surface area contributed by atoms with Crippen molar-refractivity contribution in [1.29, 1.82) is 0 Å². The lowest BCUT2D eigenvalue weighted by Gasteiger charge is -2.43. The summed E-state index contributed by atoms with van der Waals surface area (Å²) in [5.74, 6) is 0.953. The van der Waals surface area contributed by atoms with Gasteiger partial charge in [-0.05, 0) is 42.7 Å². The third-order valence-electron chi connectivity index (χ3n) is 5.14. The van der Waals surface area contributed by atoms with Crippen LogP contribution in [-0.4, -0.2) is 11.4 Å².